The zero-order chi connectivity index (χ0) is 13.3. The molecule has 18 heavy (non-hydrogen) atoms. The lowest BCUT2D eigenvalue weighted by Gasteiger charge is -2.14. The topological polar surface area (TPSA) is 61.0 Å². The van der Waals surface area contributed by atoms with Gasteiger partial charge in [-0.2, -0.15) is 0 Å². The van der Waals surface area contributed by atoms with Gasteiger partial charge in [0.25, 0.3) is 0 Å². The zero-order valence-electron chi connectivity index (χ0n) is 10.0. The van der Waals surface area contributed by atoms with Crippen LogP contribution >= 0.6 is 15.9 Å². The number of imidazole rings is 1. The molecule has 1 aromatic carbocycles. The van der Waals surface area contributed by atoms with Crippen molar-refractivity contribution in [3.05, 3.63) is 56.4 Å². The van der Waals surface area contributed by atoms with Crippen molar-refractivity contribution in [2.24, 2.45) is 0 Å². The van der Waals surface area contributed by atoms with Gasteiger partial charge in [0, 0.05) is 6.92 Å². The van der Waals surface area contributed by atoms with Crippen molar-refractivity contribution in [3.8, 4) is 0 Å². The summed E-state index contributed by atoms with van der Waals surface area (Å²) >= 11 is 3.26. The van der Waals surface area contributed by atoms with Gasteiger partial charge in [-0.05, 0) is 38.3 Å². The minimum atomic E-state index is -0.481. The average molecular weight is 310 g/mol. The van der Waals surface area contributed by atoms with Crippen molar-refractivity contribution in [1.29, 1.82) is 0 Å². The molecule has 0 aliphatic rings. The average Bonchev–Trinajstić information content (AvgIpc) is 2.65. The van der Waals surface area contributed by atoms with Crippen molar-refractivity contribution >= 4 is 21.7 Å². The van der Waals surface area contributed by atoms with Gasteiger partial charge in [-0.3, -0.25) is 4.57 Å². The van der Waals surface area contributed by atoms with Crippen LogP contribution in [0.5, 0.6) is 0 Å². The van der Waals surface area contributed by atoms with Crippen LogP contribution in [0, 0.1) is 17.0 Å². The van der Waals surface area contributed by atoms with Gasteiger partial charge in [0.15, 0.2) is 4.60 Å². The maximum Gasteiger partial charge on any atom is 0.396 e. The van der Waals surface area contributed by atoms with E-state index >= 15 is 0 Å². The highest BCUT2D eigenvalue weighted by Gasteiger charge is 2.26. The lowest BCUT2D eigenvalue weighted by atomic mass is 10.1. The van der Waals surface area contributed by atoms with E-state index in [0.29, 0.717) is 10.4 Å². The SMILES string of the molecule is Cc1nc([N+](=O)[O-])c(Br)n1C(C)c1ccccc1. The van der Waals surface area contributed by atoms with Crippen molar-refractivity contribution in [3.63, 3.8) is 0 Å². The number of aryl methyl sites for hydroxylation is 1. The normalized spacial score (nSPS) is 12.4. The molecular formula is C12H12BrN3O2. The van der Waals surface area contributed by atoms with E-state index in [4.69, 9.17) is 0 Å². The third-order valence-corrected chi connectivity index (χ3v) is 3.59. The summed E-state index contributed by atoms with van der Waals surface area (Å²) in [6, 6.07) is 9.79. The summed E-state index contributed by atoms with van der Waals surface area (Å²) in [5, 5.41) is 10.8. The molecule has 0 saturated heterocycles. The monoisotopic (exact) mass is 309 g/mol. The number of hydrogen-bond acceptors (Lipinski definition) is 3. The van der Waals surface area contributed by atoms with Crippen LogP contribution < -0.4 is 0 Å². The second kappa shape index (κ2) is 4.89. The molecule has 0 fully saturated rings. The highest BCUT2D eigenvalue weighted by Crippen LogP contribution is 2.31. The Kier molecular flexibility index (Phi) is 3.47. The standard InChI is InChI=1S/C12H12BrN3O2/c1-8(10-6-4-3-5-7-10)15-9(2)14-12(11(15)13)16(17)18/h3-8H,1-2H3. The minimum absolute atomic E-state index is 0.0122. The van der Waals surface area contributed by atoms with Crippen molar-refractivity contribution in [2.45, 2.75) is 19.9 Å². The second-order valence-corrected chi connectivity index (χ2v) is 4.74. The fraction of sp³-hybridized carbons (Fsp3) is 0.250. The van der Waals surface area contributed by atoms with Crippen LogP contribution in [0.2, 0.25) is 0 Å². The van der Waals surface area contributed by atoms with Crippen LogP contribution in [0.15, 0.2) is 34.9 Å². The summed E-state index contributed by atoms with van der Waals surface area (Å²) in [5.74, 6) is 0.472. The van der Waals surface area contributed by atoms with E-state index in [9.17, 15) is 10.1 Å². The largest absolute Gasteiger partial charge is 0.396 e. The molecule has 0 bridgehead atoms. The molecule has 0 aliphatic heterocycles. The molecule has 1 atom stereocenters. The van der Waals surface area contributed by atoms with E-state index in [-0.39, 0.29) is 11.9 Å². The van der Waals surface area contributed by atoms with Crippen LogP contribution in [0.4, 0.5) is 5.82 Å². The number of benzene rings is 1. The minimum Gasteiger partial charge on any atom is -0.358 e. The van der Waals surface area contributed by atoms with E-state index in [0.717, 1.165) is 5.56 Å². The molecule has 1 aromatic heterocycles. The molecule has 0 saturated carbocycles. The Morgan fingerprint density at radius 1 is 1.39 bits per heavy atom. The first-order chi connectivity index (χ1) is 8.52. The Labute approximate surface area is 113 Å². The number of nitro groups is 1. The maximum atomic E-state index is 10.8. The Hall–Kier alpha value is -1.69. The molecule has 0 N–H and O–H groups in total. The third-order valence-electron chi connectivity index (χ3n) is 2.85. The van der Waals surface area contributed by atoms with Gasteiger partial charge in [-0.1, -0.05) is 30.3 Å². The van der Waals surface area contributed by atoms with Crippen LogP contribution in [-0.4, -0.2) is 14.5 Å². The van der Waals surface area contributed by atoms with Crippen molar-refractivity contribution in [2.75, 3.05) is 0 Å². The molecule has 0 aliphatic carbocycles. The van der Waals surface area contributed by atoms with Gasteiger partial charge in [-0.25, -0.2) is 0 Å². The summed E-state index contributed by atoms with van der Waals surface area (Å²) in [4.78, 5) is 14.3. The Balaban J connectivity index is 2.49. The predicted molar refractivity (Wildman–Crippen MR) is 71.6 cm³/mol. The number of rotatable bonds is 3. The third kappa shape index (κ3) is 2.15. The zero-order valence-corrected chi connectivity index (χ0v) is 11.6. The summed E-state index contributed by atoms with van der Waals surface area (Å²) < 4.78 is 2.22. The molecule has 1 heterocycles. The highest BCUT2D eigenvalue weighted by molar-refractivity contribution is 9.10. The summed E-state index contributed by atoms with van der Waals surface area (Å²) in [6.45, 7) is 3.75. The Bertz CT molecular complexity index is 581. The highest BCUT2D eigenvalue weighted by atomic mass is 79.9. The quantitative estimate of drug-likeness (QED) is 0.644. The molecule has 5 nitrogen and oxygen atoms in total. The van der Waals surface area contributed by atoms with Gasteiger partial charge < -0.3 is 10.1 Å². The number of halogens is 1. The van der Waals surface area contributed by atoms with E-state index in [1.165, 1.54) is 0 Å². The second-order valence-electron chi connectivity index (χ2n) is 3.99. The van der Waals surface area contributed by atoms with E-state index in [1.807, 2.05) is 41.8 Å². The van der Waals surface area contributed by atoms with Gasteiger partial charge in [-0.15, -0.1) is 0 Å². The molecule has 1 unspecified atom stereocenters. The first kappa shape index (κ1) is 12.8. The van der Waals surface area contributed by atoms with E-state index in [2.05, 4.69) is 20.9 Å². The molecule has 0 amide bonds. The molecule has 0 radical (unpaired) electrons. The van der Waals surface area contributed by atoms with Crippen molar-refractivity contribution in [1.82, 2.24) is 9.55 Å². The maximum absolute atomic E-state index is 10.8. The van der Waals surface area contributed by atoms with E-state index in [1.54, 1.807) is 6.92 Å². The number of aromatic nitrogens is 2. The summed E-state index contributed by atoms with van der Waals surface area (Å²) in [5.41, 5.74) is 1.08. The molecule has 2 aromatic rings. The molecule has 94 valence electrons. The van der Waals surface area contributed by atoms with Crippen LogP contribution in [0.1, 0.15) is 24.4 Å². The van der Waals surface area contributed by atoms with Crippen LogP contribution in [-0.2, 0) is 0 Å². The first-order valence-corrected chi connectivity index (χ1v) is 6.25. The lowest BCUT2D eigenvalue weighted by Crippen LogP contribution is -2.08. The number of hydrogen-bond donors (Lipinski definition) is 0. The fourth-order valence-corrected chi connectivity index (χ4v) is 2.75. The number of nitrogens with zero attached hydrogens (tertiary/aromatic N) is 3. The lowest BCUT2D eigenvalue weighted by molar-refractivity contribution is -0.390. The van der Waals surface area contributed by atoms with Gasteiger partial charge in [0.1, 0.15) is 0 Å². The van der Waals surface area contributed by atoms with Crippen LogP contribution in [0.25, 0.3) is 0 Å². The summed E-state index contributed by atoms with van der Waals surface area (Å²) in [7, 11) is 0. The predicted octanol–water partition coefficient (Wildman–Crippen LogP) is 3.47. The van der Waals surface area contributed by atoms with Gasteiger partial charge in [0.2, 0.25) is 5.82 Å². The summed E-state index contributed by atoms with van der Waals surface area (Å²) in [6.07, 6.45) is 0. The van der Waals surface area contributed by atoms with E-state index < -0.39 is 4.92 Å². The van der Waals surface area contributed by atoms with Crippen molar-refractivity contribution < 1.29 is 4.92 Å². The molecular weight excluding hydrogens is 298 g/mol. The fourth-order valence-electron chi connectivity index (χ4n) is 1.95. The first-order valence-electron chi connectivity index (χ1n) is 5.46. The Morgan fingerprint density at radius 2 is 2.00 bits per heavy atom. The van der Waals surface area contributed by atoms with Gasteiger partial charge >= 0.3 is 5.82 Å². The molecule has 2 rings (SSSR count). The smallest absolute Gasteiger partial charge is 0.358 e. The van der Waals surface area contributed by atoms with Gasteiger partial charge in [0.05, 0.1) is 6.04 Å². The molecule has 6 heteroatoms. The molecule has 0 spiro atoms. The van der Waals surface area contributed by atoms with Crippen LogP contribution in [0.3, 0.4) is 0 Å². The Morgan fingerprint density at radius 3 is 2.50 bits per heavy atom.